The number of amides is 1. The van der Waals surface area contributed by atoms with E-state index >= 15 is 0 Å². The SMILES string of the molecule is CCOc1ccc(C(=O)CCC(=O)Nc2ccc(OCC)c(S(=O)(=O)N3CCOCC3)c2)cc1. The topological polar surface area (TPSA) is 111 Å². The van der Waals surface area contributed by atoms with Gasteiger partial charge in [0.2, 0.25) is 15.9 Å². The van der Waals surface area contributed by atoms with Gasteiger partial charge in [0.1, 0.15) is 16.4 Å². The number of rotatable bonds is 11. The van der Waals surface area contributed by atoms with Crippen molar-refractivity contribution in [3.05, 3.63) is 48.0 Å². The van der Waals surface area contributed by atoms with Crippen LogP contribution < -0.4 is 14.8 Å². The highest BCUT2D eigenvalue weighted by Crippen LogP contribution is 2.30. The van der Waals surface area contributed by atoms with E-state index in [0.29, 0.717) is 43.4 Å². The van der Waals surface area contributed by atoms with Crippen molar-refractivity contribution in [3.8, 4) is 11.5 Å². The maximum atomic E-state index is 13.2. The lowest BCUT2D eigenvalue weighted by atomic mass is 10.1. The van der Waals surface area contributed by atoms with Gasteiger partial charge < -0.3 is 19.5 Å². The van der Waals surface area contributed by atoms with Gasteiger partial charge in [0.25, 0.3) is 0 Å². The third-order valence-corrected chi connectivity index (χ3v) is 7.10. The number of ether oxygens (including phenoxy) is 3. The Labute approximate surface area is 200 Å². The lowest BCUT2D eigenvalue weighted by Crippen LogP contribution is -2.40. The molecule has 184 valence electrons. The molecule has 0 saturated carbocycles. The van der Waals surface area contributed by atoms with Crippen molar-refractivity contribution in [2.45, 2.75) is 31.6 Å². The quantitative estimate of drug-likeness (QED) is 0.482. The Kier molecular flexibility index (Phi) is 9.03. The first-order chi connectivity index (χ1) is 16.3. The second-order valence-corrected chi connectivity index (χ2v) is 9.45. The second kappa shape index (κ2) is 12.0. The van der Waals surface area contributed by atoms with Gasteiger partial charge in [-0.05, 0) is 56.3 Å². The number of hydrogen-bond donors (Lipinski definition) is 1. The Hall–Kier alpha value is -2.95. The molecule has 1 heterocycles. The molecule has 1 fully saturated rings. The minimum Gasteiger partial charge on any atom is -0.494 e. The molecular formula is C24H30N2O7S. The largest absolute Gasteiger partial charge is 0.494 e. The summed E-state index contributed by atoms with van der Waals surface area (Å²) in [6.45, 7) is 5.62. The van der Waals surface area contributed by atoms with Gasteiger partial charge in [0.15, 0.2) is 5.78 Å². The van der Waals surface area contributed by atoms with Crippen LogP contribution in [0.2, 0.25) is 0 Å². The van der Waals surface area contributed by atoms with Crippen molar-refractivity contribution in [2.75, 3.05) is 44.8 Å². The molecular weight excluding hydrogens is 460 g/mol. The lowest BCUT2D eigenvalue weighted by Gasteiger charge is -2.27. The van der Waals surface area contributed by atoms with Gasteiger partial charge >= 0.3 is 0 Å². The maximum absolute atomic E-state index is 13.2. The lowest BCUT2D eigenvalue weighted by molar-refractivity contribution is -0.116. The maximum Gasteiger partial charge on any atom is 0.246 e. The molecule has 1 saturated heterocycles. The zero-order chi connectivity index (χ0) is 24.6. The van der Waals surface area contributed by atoms with Crippen molar-refractivity contribution >= 4 is 27.4 Å². The van der Waals surface area contributed by atoms with Crippen LogP contribution >= 0.6 is 0 Å². The first kappa shape index (κ1) is 25.7. The molecule has 0 radical (unpaired) electrons. The van der Waals surface area contributed by atoms with Crippen LogP contribution in [0.3, 0.4) is 0 Å². The molecule has 2 aromatic carbocycles. The molecule has 34 heavy (non-hydrogen) atoms. The Morgan fingerprint density at radius 1 is 0.971 bits per heavy atom. The number of benzene rings is 2. The van der Waals surface area contributed by atoms with Crippen LogP contribution in [0.5, 0.6) is 11.5 Å². The standard InChI is InChI=1S/C24H30N2O7S/c1-3-32-20-8-5-18(6-9-20)21(27)10-12-24(28)25-19-7-11-22(33-4-2)23(17-19)34(29,30)26-13-15-31-16-14-26/h5-9,11,17H,3-4,10,12-16H2,1-2H3,(H,25,28). The number of morpholine rings is 1. The smallest absolute Gasteiger partial charge is 0.246 e. The Balaban J connectivity index is 1.67. The highest BCUT2D eigenvalue weighted by Gasteiger charge is 2.29. The van der Waals surface area contributed by atoms with Gasteiger partial charge in [-0.1, -0.05) is 0 Å². The molecule has 10 heteroatoms. The van der Waals surface area contributed by atoms with Crippen molar-refractivity contribution in [1.29, 1.82) is 0 Å². The Morgan fingerprint density at radius 3 is 2.29 bits per heavy atom. The van der Waals surface area contributed by atoms with E-state index in [0.717, 1.165) is 0 Å². The second-order valence-electron chi connectivity index (χ2n) is 7.54. The normalized spacial score (nSPS) is 14.4. The summed E-state index contributed by atoms with van der Waals surface area (Å²) in [4.78, 5) is 24.9. The molecule has 0 atom stereocenters. The van der Waals surface area contributed by atoms with E-state index < -0.39 is 15.9 Å². The van der Waals surface area contributed by atoms with Gasteiger partial charge in [0, 0.05) is 37.2 Å². The summed E-state index contributed by atoms with van der Waals surface area (Å²) in [6, 6.07) is 11.3. The minimum absolute atomic E-state index is 0.0143. The zero-order valence-electron chi connectivity index (χ0n) is 19.4. The zero-order valence-corrected chi connectivity index (χ0v) is 20.2. The number of carbonyl (C=O) groups is 2. The van der Waals surface area contributed by atoms with E-state index in [1.54, 1.807) is 37.3 Å². The van der Waals surface area contributed by atoms with E-state index in [2.05, 4.69) is 5.32 Å². The number of nitrogens with zero attached hydrogens (tertiary/aromatic N) is 1. The third-order valence-electron chi connectivity index (χ3n) is 5.18. The molecule has 1 N–H and O–H groups in total. The molecule has 1 amide bonds. The molecule has 9 nitrogen and oxygen atoms in total. The summed E-state index contributed by atoms with van der Waals surface area (Å²) in [5, 5.41) is 2.68. The summed E-state index contributed by atoms with van der Waals surface area (Å²) < 4.78 is 43.8. The number of carbonyl (C=O) groups excluding carboxylic acids is 2. The van der Waals surface area contributed by atoms with Gasteiger partial charge in [-0.25, -0.2) is 8.42 Å². The molecule has 0 unspecified atom stereocenters. The number of nitrogens with one attached hydrogen (secondary N) is 1. The fourth-order valence-electron chi connectivity index (χ4n) is 3.49. The first-order valence-electron chi connectivity index (χ1n) is 11.3. The van der Waals surface area contributed by atoms with E-state index in [1.165, 1.54) is 16.4 Å². The highest BCUT2D eigenvalue weighted by molar-refractivity contribution is 7.89. The predicted octanol–water partition coefficient (Wildman–Crippen LogP) is 3.11. The van der Waals surface area contributed by atoms with Crippen LogP contribution in [0.25, 0.3) is 0 Å². The van der Waals surface area contributed by atoms with Crippen LogP contribution in [0.4, 0.5) is 5.69 Å². The van der Waals surface area contributed by atoms with E-state index in [1.807, 2.05) is 6.92 Å². The van der Waals surface area contributed by atoms with Gasteiger partial charge in [-0.3, -0.25) is 9.59 Å². The summed E-state index contributed by atoms with van der Waals surface area (Å²) in [5.74, 6) is 0.339. The summed E-state index contributed by atoms with van der Waals surface area (Å²) in [7, 11) is -3.83. The van der Waals surface area contributed by atoms with Crippen LogP contribution in [0.1, 0.15) is 37.0 Å². The average molecular weight is 491 g/mol. The fourth-order valence-corrected chi connectivity index (χ4v) is 5.05. The molecule has 0 bridgehead atoms. The van der Waals surface area contributed by atoms with E-state index in [9.17, 15) is 18.0 Å². The molecule has 0 spiro atoms. The van der Waals surface area contributed by atoms with Crippen LogP contribution in [-0.4, -0.2) is 63.9 Å². The van der Waals surface area contributed by atoms with Crippen molar-refractivity contribution < 1.29 is 32.2 Å². The first-order valence-corrected chi connectivity index (χ1v) is 12.7. The minimum atomic E-state index is -3.83. The van der Waals surface area contributed by atoms with E-state index in [4.69, 9.17) is 14.2 Å². The average Bonchev–Trinajstić information content (AvgIpc) is 2.85. The molecule has 3 rings (SSSR count). The van der Waals surface area contributed by atoms with Crippen LogP contribution in [0, 0.1) is 0 Å². The summed E-state index contributed by atoms with van der Waals surface area (Å²) in [6.07, 6.45) is -0.0133. The predicted molar refractivity (Wildman–Crippen MR) is 127 cm³/mol. The van der Waals surface area contributed by atoms with E-state index in [-0.39, 0.29) is 42.4 Å². The monoisotopic (exact) mass is 490 g/mol. The van der Waals surface area contributed by atoms with Gasteiger partial charge in [-0.2, -0.15) is 4.31 Å². The number of ketones is 1. The molecule has 0 aromatic heterocycles. The van der Waals surface area contributed by atoms with Crippen LogP contribution in [-0.2, 0) is 19.6 Å². The number of sulfonamides is 1. The Bertz CT molecular complexity index is 1090. The molecule has 1 aliphatic rings. The van der Waals surface area contributed by atoms with Crippen molar-refractivity contribution in [1.82, 2.24) is 4.31 Å². The third kappa shape index (κ3) is 6.55. The van der Waals surface area contributed by atoms with Crippen molar-refractivity contribution in [2.24, 2.45) is 0 Å². The Morgan fingerprint density at radius 2 is 1.65 bits per heavy atom. The van der Waals surface area contributed by atoms with Crippen LogP contribution in [0.15, 0.2) is 47.4 Å². The number of Topliss-reactive ketones (excluding diaryl/α,β-unsaturated/α-hetero) is 1. The van der Waals surface area contributed by atoms with Gasteiger partial charge in [0.05, 0.1) is 26.4 Å². The number of hydrogen-bond acceptors (Lipinski definition) is 7. The molecule has 2 aromatic rings. The molecule has 1 aliphatic heterocycles. The summed E-state index contributed by atoms with van der Waals surface area (Å²) >= 11 is 0. The van der Waals surface area contributed by atoms with Gasteiger partial charge in [-0.15, -0.1) is 0 Å². The van der Waals surface area contributed by atoms with Crippen molar-refractivity contribution in [3.63, 3.8) is 0 Å². The fraction of sp³-hybridized carbons (Fsp3) is 0.417. The highest BCUT2D eigenvalue weighted by atomic mass is 32.2. The molecule has 0 aliphatic carbocycles. The summed E-state index contributed by atoms with van der Waals surface area (Å²) in [5.41, 5.74) is 0.810. The number of anilines is 1.